The van der Waals surface area contributed by atoms with E-state index in [2.05, 4.69) is 30.7 Å². The Balaban J connectivity index is 1.72. The molecule has 0 unspecified atom stereocenters. The predicted molar refractivity (Wildman–Crippen MR) is 91.9 cm³/mol. The molecule has 5 nitrogen and oxygen atoms in total. The fourth-order valence-corrected chi connectivity index (χ4v) is 4.33. The van der Waals surface area contributed by atoms with E-state index < -0.39 is 0 Å². The molecule has 1 amide bonds. The van der Waals surface area contributed by atoms with Gasteiger partial charge in [-0.3, -0.25) is 4.79 Å². The van der Waals surface area contributed by atoms with Crippen LogP contribution in [0.25, 0.3) is 10.2 Å². The number of piperidine rings is 1. The van der Waals surface area contributed by atoms with E-state index in [4.69, 9.17) is 4.74 Å². The average molecular weight is 333 g/mol. The molecule has 2 atom stereocenters. The van der Waals surface area contributed by atoms with Gasteiger partial charge in [-0.25, -0.2) is 9.97 Å². The summed E-state index contributed by atoms with van der Waals surface area (Å²) < 4.78 is 5.76. The maximum Gasteiger partial charge on any atom is 0.260 e. The van der Waals surface area contributed by atoms with Crippen LogP contribution in [0.4, 0.5) is 0 Å². The van der Waals surface area contributed by atoms with Crippen molar-refractivity contribution in [1.29, 1.82) is 0 Å². The van der Waals surface area contributed by atoms with Gasteiger partial charge in [0.25, 0.3) is 5.91 Å². The highest BCUT2D eigenvalue weighted by Crippen LogP contribution is 2.33. The molecule has 2 aromatic rings. The number of carbonyl (C=O) groups excluding carboxylic acids is 1. The minimum absolute atomic E-state index is 0.0415. The number of aryl methyl sites for hydroxylation is 2. The Hall–Kier alpha value is -1.69. The van der Waals surface area contributed by atoms with Gasteiger partial charge < -0.3 is 9.64 Å². The third-order valence-electron chi connectivity index (χ3n) is 4.48. The smallest absolute Gasteiger partial charge is 0.260 e. The molecule has 1 fully saturated rings. The molecule has 0 spiro atoms. The Morgan fingerprint density at radius 3 is 2.70 bits per heavy atom. The van der Waals surface area contributed by atoms with Gasteiger partial charge in [0.15, 0.2) is 6.61 Å². The van der Waals surface area contributed by atoms with Crippen molar-refractivity contribution in [2.24, 2.45) is 11.8 Å². The van der Waals surface area contributed by atoms with Crippen LogP contribution in [0.5, 0.6) is 5.88 Å². The first-order valence-electron chi connectivity index (χ1n) is 8.07. The second-order valence-corrected chi connectivity index (χ2v) is 7.88. The van der Waals surface area contributed by atoms with Gasteiger partial charge in [0.2, 0.25) is 5.88 Å². The number of thiophene rings is 1. The fraction of sp³-hybridized carbons (Fsp3) is 0.588. The second kappa shape index (κ2) is 6.43. The van der Waals surface area contributed by atoms with Crippen molar-refractivity contribution in [2.45, 2.75) is 34.1 Å². The molecular formula is C17H23N3O2S. The molecule has 0 aromatic carbocycles. The number of hydrogen-bond donors (Lipinski definition) is 0. The molecule has 6 heteroatoms. The SMILES string of the molecule is Cc1sc2ncnc(OCC(=O)N3C[C@H](C)C[C@H](C)C3)c2c1C. The van der Waals surface area contributed by atoms with Crippen LogP contribution in [0.1, 0.15) is 30.7 Å². The van der Waals surface area contributed by atoms with Gasteiger partial charge in [-0.05, 0) is 37.7 Å². The highest BCUT2D eigenvalue weighted by Gasteiger charge is 2.26. The first kappa shape index (κ1) is 16.2. The van der Waals surface area contributed by atoms with E-state index >= 15 is 0 Å². The molecule has 23 heavy (non-hydrogen) atoms. The molecule has 3 rings (SSSR count). The summed E-state index contributed by atoms with van der Waals surface area (Å²) in [6.45, 7) is 10.2. The van der Waals surface area contributed by atoms with E-state index in [9.17, 15) is 4.79 Å². The molecule has 1 aliphatic rings. The number of hydrogen-bond acceptors (Lipinski definition) is 5. The minimum atomic E-state index is 0.0415. The second-order valence-electron chi connectivity index (χ2n) is 6.68. The van der Waals surface area contributed by atoms with Crippen molar-refractivity contribution in [3.8, 4) is 5.88 Å². The van der Waals surface area contributed by atoms with Crippen LogP contribution in [-0.4, -0.2) is 40.5 Å². The van der Waals surface area contributed by atoms with Crippen molar-refractivity contribution in [1.82, 2.24) is 14.9 Å². The van der Waals surface area contributed by atoms with E-state index in [0.717, 1.165) is 28.9 Å². The van der Waals surface area contributed by atoms with Gasteiger partial charge >= 0.3 is 0 Å². The zero-order valence-electron chi connectivity index (χ0n) is 14.1. The molecule has 124 valence electrons. The van der Waals surface area contributed by atoms with Crippen LogP contribution >= 0.6 is 11.3 Å². The summed E-state index contributed by atoms with van der Waals surface area (Å²) >= 11 is 1.63. The maximum atomic E-state index is 12.4. The number of rotatable bonds is 3. The standard InChI is InChI=1S/C17H23N3O2S/c1-10-5-11(2)7-20(6-10)14(21)8-22-16-15-12(3)13(4)23-17(15)19-9-18-16/h9-11H,5-8H2,1-4H3/t10-,11+. The van der Waals surface area contributed by atoms with E-state index in [1.165, 1.54) is 17.6 Å². The first-order chi connectivity index (χ1) is 11.0. The zero-order chi connectivity index (χ0) is 16.6. The summed E-state index contributed by atoms with van der Waals surface area (Å²) in [5, 5.41) is 0.934. The topological polar surface area (TPSA) is 55.3 Å². The number of ether oxygens (including phenoxy) is 1. The molecule has 1 saturated heterocycles. The monoisotopic (exact) mass is 333 g/mol. The van der Waals surface area contributed by atoms with Crippen molar-refractivity contribution in [3.63, 3.8) is 0 Å². The Morgan fingerprint density at radius 2 is 2.00 bits per heavy atom. The van der Waals surface area contributed by atoms with Gasteiger partial charge in [0, 0.05) is 18.0 Å². The highest BCUT2D eigenvalue weighted by molar-refractivity contribution is 7.18. The Kier molecular flexibility index (Phi) is 4.53. The number of likely N-dealkylation sites (tertiary alicyclic amines) is 1. The molecule has 0 saturated carbocycles. The molecule has 2 aromatic heterocycles. The van der Waals surface area contributed by atoms with Crippen LogP contribution in [-0.2, 0) is 4.79 Å². The summed E-state index contributed by atoms with van der Waals surface area (Å²) in [4.78, 5) is 25.0. The largest absolute Gasteiger partial charge is 0.467 e. The first-order valence-corrected chi connectivity index (χ1v) is 8.88. The summed E-state index contributed by atoms with van der Waals surface area (Å²) in [6, 6.07) is 0. The average Bonchev–Trinajstić information content (AvgIpc) is 2.79. The summed E-state index contributed by atoms with van der Waals surface area (Å²) in [5.41, 5.74) is 1.13. The minimum Gasteiger partial charge on any atom is -0.467 e. The fourth-order valence-electron chi connectivity index (χ4n) is 3.35. The van der Waals surface area contributed by atoms with Crippen molar-refractivity contribution >= 4 is 27.5 Å². The number of amides is 1. The third-order valence-corrected chi connectivity index (χ3v) is 5.60. The van der Waals surface area contributed by atoms with E-state index in [1.54, 1.807) is 11.3 Å². The van der Waals surface area contributed by atoms with Crippen LogP contribution in [0.3, 0.4) is 0 Å². The molecule has 0 N–H and O–H groups in total. The van der Waals surface area contributed by atoms with E-state index in [-0.39, 0.29) is 12.5 Å². The zero-order valence-corrected chi connectivity index (χ0v) is 14.9. The maximum absolute atomic E-state index is 12.4. The lowest BCUT2D eigenvalue weighted by molar-refractivity contribution is -0.136. The van der Waals surface area contributed by atoms with Crippen LogP contribution in [0.2, 0.25) is 0 Å². The van der Waals surface area contributed by atoms with Gasteiger partial charge in [-0.15, -0.1) is 11.3 Å². The Labute approximate surface area is 140 Å². The third kappa shape index (κ3) is 3.32. The van der Waals surface area contributed by atoms with Crippen LogP contribution in [0.15, 0.2) is 6.33 Å². The van der Waals surface area contributed by atoms with Crippen molar-refractivity contribution in [2.75, 3.05) is 19.7 Å². The summed E-state index contributed by atoms with van der Waals surface area (Å²) in [5.74, 6) is 1.66. The lowest BCUT2D eigenvalue weighted by Gasteiger charge is -2.34. The predicted octanol–water partition coefficient (Wildman–Crippen LogP) is 3.19. The van der Waals surface area contributed by atoms with Gasteiger partial charge in [-0.2, -0.15) is 0 Å². The lowest BCUT2D eigenvalue weighted by Crippen LogP contribution is -2.44. The van der Waals surface area contributed by atoms with Crippen molar-refractivity contribution < 1.29 is 9.53 Å². The Morgan fingerprint density at radius 1 is 1.30 bits per heavy atom. The molecular weight excluding hydrogens is 310 g/mol. The summed E-state index contributed by atoms with van der Waals surface area (Å²) in [7, 11) is 0. The highest BCUT2D eigenvalue weighted by atomic mass is 32.1. The molecule has 0 aliphatic carbocycles. The number of nitrogens with zero attached hydrogens (tertiary/aromatic N) is 3. The number of fused-ring (bicyclic) bond motifs is 1. The lowest BCUT2D eigenvalue weighted by atomic mass is 9.92. The van der Waals surface area contributed by atoms with Gasteiger partial charge in [-0.1, -0.05) is 13.8 Å². The molecule has 3 heterocycles. The Bertz CT molecular complexity index is 718. The van der Waals surface area contributed by atoms with Crippen LogP contribution < -0.4 is 4.74 Å². The number of carbonyl (C=O) groups is 1. The number of aromatic nitrogens is 2. The van der Waals surface area contributed by atoms with Gasteiger partial charge in [0.1, 0.15) is 11.2 Å². The van der Waals surface area contributed by atoms with E-state index in [1.807, 2.05) is 11.8 Å². The van der Waals surface area contributed by atoms with Crippen LogP contribution in [0, 0.1) is 25.7 Å². The quantitative estimate of drug-likeness (QED) is 0.865. The molecule has 0 radical (unpaired) electrons. The van der Waals surface area contributed by atoms with E-state index in [0.29, 0.717) is 17.7 Å². The summed E-state index contributed by atoms with van der Waals surface area (Å²) in [6.07, 6.45) is 2.69. The van der Waals surface area contributed by atoms with Crippen molar-refractivity contribution in [3.05, 3.63) is 16.8 Å². The molecule has 0 bridgehead atoms. The van der Waals surface area contributed by atoms with Gasteiger partial charge in [0.05, 0.1) is 5.39 Å². The normalized spacial score (nSPS) is 21.7. The molecule has 1 aliphatic heterocycles.